The molecule has 3 aromatic rings. The highest BCUT2D eigenvalue weighted by Gasteiger charge is 2.18. The predicted octanol–water partition coefficient (Wildman–Crippen LogP) is 4.74. The highest BCUT2D eigenvalue weighted by atomic mass is 35.5. The van der Waals surface area contributed by atoms with E-state index in [1.807, 2.05) is 0 Å². The van der Waals surface area contributed by atoms with E-state index in [1.165, 1.54) is 24.3 Å². The molecule has 0 fully saturated rings. The second kappa shape index (κ2) is 5.62. The Hall–Kier alpha value is -1.65. The van der Waals surface area contributed by atoms with Crippen LogP contribution in [0.1, 0.15) is 5.82 Å². The van der Waals surface area contributed by atoms with Crippen molar-refractivity contribution in [2.45, 2.75) is 6.42 Å². The second-order valence-corrected chi connectivity index (χ2v) is 5.29. The largest absolute Gasteiger partial charge is 0.292 e. The SMILES string of the molecule is Fc1ccc2c(c1)nc(CCCl)n2-c1c(F)cccc1Cl. The number of halogens is 4. The van der Waals surface area contributed by atoms with Gasteiger partial charge >= 0.3 is 0 Å². The van der Waals surface area contributed by atoms with Crippen LogP contribution in [0.4, 0.5) is 8.78 Å². The number of nitrogens with zero attached hydrogens (tertiary/aromatic N) is 2. The van der Waals surface area contributed by atoms with E-state index < -0.39 is 11.6 Å². The number of para-hydroxylation sites is 1. The molecule has 1 aromatic heterocycles. The Bertz CT molecular complexity index is 795. The lowest BCUT2D eigenvalue weighted by Crippen LogP contribution is -2.05. The monoisotopic (exact) mass is 326 g/mol. The lowest BCUT2D eigenvalue weighted by atomic mass is 10.2. The summed E-state index contributed by atoms with van der Waals surface area (Å²) >= 11 is 11.9. The van der Waals surface area contributed by atoms with E-state index in [9.17, 15) is 8.78 Å². The van der Waals surface area contributed by atoms with Crippen molar-refractivity contribution in [1.82, 2.24) is 9.55 Å². The fourth-order valence-corrected chi connectivity index (χ4v) is 2.72. The van der Waals surface area contributed by atoms with Gasteiger partial charge in [-0.15, -0.1) is 11.6 Å². The summed E-state index contributed by atoms with van der Waals surface area (Å²) in [5.74, 6) is -0.0125. The smallest absolute Gasteiger partial charge is 0.148 e. The van der Waals surface area contributed by atoms with Gasteiger partial charge < -0.3 is 0 Å². The summed E-state index contributed by atoms with van der Waals surface area (Å²) in [6.45, 7) is 0. The zero-order valence-corrected chi connectivity index (χ0v) is 12.3. The van der Waals surface area contributed by atoms with Crippen molar-refractivity contribution in [1.29, 1.82) is 0 Å². The van der Waals surface area contributed by atoms with Gasteiger partial charge in [0.2, 0.25) is 0 Å². The van der Waals surface area contributed by atoms with Crippen LogP contribution < -0.4 is 0 Å². The maximum absolute atomic E-state index is 14.2. The van der Waals surface area contributed by atoms with Gasteiger partial charge in [0.1, 0.15) is 23.1 Å². The van der Waals surface area contributed by atoms with Gasteiger partial charge in [0.05, 0.1) is 16.1 Å². The predicted molar refractivity (Wildman–Crippen MR) is 80.4 cm³/mol. The van der Waals surface area contributed by atoms with Crippen LogP contribution >= 0.6 is 23.2 Å². The standard InChI is InChI=1S/C15H10Cl2F2N2/c16-7-6-14-20-12-8-9(18)4-5-13(12)21(14)15-10(17)2-1-3-11(15)19/h1-5,8H,6-7H2. The normalized spacial score (nSPS) is 11.2. The molecule has 0 saturated carbocycles. The molecule has 3 rings (SSSR count). The Balaban J connectivity index is 2.36. The third kappa shape index (κ3) is 2.49. The number of aryl methyl sites for hydroxylation is 1. The van der Waals surface area contributed by atoms with Gasteiger partial charge in [0.25, 0.3) is 0 Å². The van der Waals surface area contributed by atoms with Gasteiger partial charge in [0, 0.05) is 18.4 Å². The Morgan fingerprint density at radius 2 is 1.95 bits per heavy atom. The number of rotatable bonds is 3. The molecule has 0 aliphatic carbocycles. The molecule has 0 radical (unpaired) electrons. The quantitative estimate of drug-likeness (QED) is 0.636. The van der Waals surface area contributed by atoms with E-state index in [2.05, 4.69) is 4.98 Å². The van der Waals surface area contributed by atoms with Crippen molar-refractivity contribution >= 4 is 34.2 Å². The van der Waals surface area contributed by atoms with E-state index in [-0.39, 0.29) is 10.7 Å². The van der Waals surface area contributed by atoms with Gasteiger partial charge in [-0.3, -0.25) is 4.57 Å². The molecule has 0 amide bonds. The highest BCUT2D eigenvalue weighted by molar-refractivity contribution is 6.32. The molecule has 0 atom stereocenters. The minimum absolute atomic E-state index is 0.202. The average Bonchev–Trinajstić information content (AvgIpc) is 2.77. The number of hydrogen-bond acceptors (Lipinski definition) is 1. The Kier molecular flexibility index (Phi) is 3.83. The number of alkyl halides is 1. The highest BCUT2D eigenvalue weighted by Crippen LogP contribution is 2.29. The van der Waals surface area contributed by atoms with Gasteiger partial charge in [-0.25, -0.2) is 13.8 Å². The number of fused-ring (bicyclic) bond motifs is 1. The molecule has 0 bridgehead atoms. The first-order valence-corrected chi connectivity index (χ1v) is 7.20. The van der Waals surface area contributed by atoms with Crippen LogP contribution in [0, 0.1) is 11.6 Å². The van der Waals surface area contributed by atoms with Crippen molar-refractivity contribution < 1.29 is 8.78 Å². The van der Waals surface area contributed by atoms with E-state index in [4.69, 9.17) is 23.2 Å². The summed E-state index contributed by atoms with van der Waals surface area (Å²) < 4.78 is 29.1. The number of hydrogen-bond donors (Lipinski definition) is 0. The minimum Gasteiger partial charge on any atom is -0.292 e. The summed E-state index contributed by atoms with van der Waals surface area (Å²) in [5, 5.41) is 0.259. The molecule has 0 aliphatic rings. The summed E-state index contributed by atoms with van der Waals surface area (Å²) in [7, 11) is 0. The van der Waals surface area contributed by atoms with Crippen molar-refractivity contribution in [2.24, 2.45) is 0 Å². The van der Waals surface area contributed by atoms with E-state index in [0.29, 0.717) is 29.2 Å². The molecular weight excluding hydrogens is 317 g/mol. The molecule has 108 valence electrons. The maximum atomic E-state index is 14.2. The Morgan fingerprint density at radius 3 is 2.67 bits per heavy atom. The molecule has 0 spiro atoms. The fourth-order valence-electron chi connectivity index (χ4n) is 2.31. The van der Waals surface area contributed by atoms with Crippen LogP contribution in [0.15, 0.2) is 36.4 Å². The van der Waals surface area contributed by atoms with Crippen molar-refractivity contribution in [3.63, 3.8) is 0 Å². The first kappa shape index (κ1) is 14.3. The summed E-state index contributed by atoms with van der Waals surface area (Å²) in [5.41, 5.74) is 1.23. The summed E-state index contributed by atoms with van der Waals surface area (Å²) in [6.07, 6.45) is 0.419. The lowest BCUT2D eigenvalue weighted by Gasteiger charge is -2.11. The van der Waals surface area contributed by atoms with Crippen LogP contribution in [-0.2, 0) is 6.42 Å². The third-order valence-corrected chi connectivity index (χ3v) is 3.66. The first-order chi connectivity index (χ1) is 10.1. The van der Waals surface area contributed by atoms with E-state index in [0.717, 1.165) is 0 Å². The number of benzene rings is 2. The maximum Gasteiger partial charge on any atom is 0.148 e. The van der Waals surface area contributed by atoms with Crippen molar-refractivity contribution in [3.8, 4) is 5.69 Å². The molecular formula is C15H10Cl2F2N2. The van der Waals surface area contributed by atoms with Crippen LogP contribution in [0.25, 0.3) is 16.7 Å². The van der Waals surface area contributed by atoms with Crippen LogP contribution in [-0.4, -0.2) is 15.4 Å². The first-order valence-electron chi connectivity index (χ1n) is 6.29. The summed E-state index contributed by atoms with van der Waals surface area (Å²) in [6, 6.07) is 8.61. The zero-order valence-electron chi connectivity index (χ0n) is 10.8. The number of aromatic nitrogens is 2. The molecule has 0 unspecified atom stereocenters. The average molecular weight is 327 g/mol. The van der Waals surface area contributed by atoms with Crippen molar-refractivity contribution in [2.75, 3.05) is 5.88 Å². The molecule has 2 nitrogen and oxygen atoms in total. The molecule has 0 aliphatic heterocycles. The third-order valence-electron chi connectivity index (χ3n) is 3.17. The van der Waals surface area contributed by atoms with Crippen LogP contribution in [0.3, 0.4) is 0 Å². The molecule has 6 heteroatoms. The molecule has 21 heavy (non-hydrogen) atoms. The van der Waals surface area contributed by atoms with E-state index in [1.54, 1.807) is 16.7 Å². The lowest BCUT2D eigenvalue weighted by molar-refractivity contribution is 0.617. The van der Waals surface area contributed by atoms with Gasteiger partial charge in [-0.2, -0.15) is 0 Å². The fraction of sp³-hybridized carbons (Fsp3) is 0.133. The Labute approximate surface area is 129 Å². The minimum atomic E-state index is -0.470. The van der Waals surface area contributed by atoms with Gasteiger partial charge in [-0.1, -0.05) is 17.7 Å². The van der Waals surface area contributed by atoms with Gasteiger partial charge in [0.15, 0.2) is 0 Å². The van der Waals surface area contributed by atoms with Gasteiger partial charge in [-0.05, 0) is 24.3 Å². The molecule has 1 heterocycles. The van der Waals surface area contributed by atoms with Crippen LogP contribution in [0.5, 0.6) is 0 Å². The van der Waals surface area contributed by atoms with Crippen LogP contribution in [0.2, 0.25) is 5.02 Å². The van der Waals surface area contributed by atoms with Crippen molar-refractivity contribution in [3.05, 3.63) is 58.9 Å². The topological polar surface area (TPSA) is 17.8 Å². The molecule has 0 saturated heterocycles. The Morgan fingerprint density at radius 1 is 1.14 bits per heavy atom. The summed E-state index contributed by atoms with van der Waals surface area (Å²) in [4.78, 5) is 4.34. The number of imidazole rings is 1. The second-order valence-electron chi connectivity index (χ2n) is 4.51. The zero-order chi connectivity index (χ0) is 15.0. The molecule has 0 N–H and O–H groups in total. The van der Waals surface area contributed by atoms with E-state index >= 15 is 0 Å². The molecule has 2 aromatic carbocycles.